The van der Waals surface area contributed by atoms with Gasteiger partial charge < -0.3 is 9.80 Å². The van der Waals surface area contributed by atoms with Crippen molar-refractivity contribution in [3.8, 4) is 22.4 Å². The van der Waals surface area contributed by atoms with Crippen LogP contribution in [0.2, 0.25) is 0 Å². The largest absolute Gasteiger partial charge is 0.369 e. The van der Waals surface area contributed by atoms with Crippen molar-refractivity contribution in [1.82, 2.24) is 19.8 Å². The van der Waals surface area contributed by atoms with E-state index in [4.69, 9.17) is 4.98 Å². The molecule has 40 heavy (non-hydrogen) atoms. The Morgan fingerprint density at radius 1 is 0.850 bits per heavy atom. The van der Waals surface area contributed by atoms with Crippen LogP contribution in [0.25, 0.3) is 33.4 Å². The predicted octanol–water partition coefficient (Wildman–Crippen LogP) is 5.56. The third kappa shape index (κ3) is 5.68. The van der Waals surface area contributed by atoms with Gasteiger partial charge in [-0.05, 0) is 42.9 Å². The van der Waals surface area contributed by atoms with Gasteiger partial charge in [0.25, 0.3) is 0 Å². The quantitative estimate of drug-likeness (QED) is 0.328. The summed E-state index contributed by atoms with van der Waals surface area (Å²) in [5.41, 5.74) is 4.99. The summed E-state index contributed by atoms with van der Waals surface area (Å²) in [6, 6.07) is 16.4. The molecule has 6 rings (SSSR count). The maximum Gasteiger partial charge on any atom is 0.131 e. The average molecular weight is 566 g/mol. The topological polar surface area (TPSA) is 76.0 Å². The van der Waals surface area contributed by atoms with Gasteiger partial charge in [-0.2, -0.15) is 10.6 Å². The molecule has 0 radical (unpaired) electrons. The molecule has 2 saturated heterocycles. The van der Waals surface area contributed by atoms with E-state index in [1.807, 2.05) is 35.2 Å². The SMILES string of the molecule is CN1CCN(c2cccc(-c3cnc4cccc(-c5cc(F)c(CN6CCS(O)(O)CC6)c(F)c5)c4n3)c2)CC1. The molecule has 2 fully saturated rings. The van der Waals surface area contributed by atoms with Crippen molar-refractivity contribution in [3.63, 3.8) is 0 Å². The molecule has 2 N–H and O–H groups in total. The van der Waals surface area contributed by atoms with Gasteiger partial charge in [0, 0.05) is 68.2 Å². The minimum absolute atomic E-state index is 0.0186. The summed E-state index contributed by atoms with van der Waals surface area (Å²) in [6.45, 7) is 4.81. The Hall–Kier alpha value is -3.15. The number of hydrogen-bond acceptors (Lipinski definition) is 7. The molecule has 2 aliphatic heterocycles. The molecule has 10 heteroatoms. The number of halogens is 2. The van der Waals surface area contributed by atoms with Crippen LogP contribution < -0.4 is 4.90 Å². The van der Waals surface area contributed by atoms with Gasteiger partial charge in [0.1, 0.15) is 11.6 Å². The van der Waals surface area contributed by atoms with E-state index in [0.717, 1.165) is 37.4 Å². The molecular formula is C30H33F2N5O2S. The fourth-order valence-corrected chi connectivity index (χ4v) is 6.69. The third-order valence-corrected chi connectivity index (χ3v) is 9.56. The lowest BCUT2D eigenvalue weighted by Gasteiger charge is -2.41. The van der Waals surface area contributed by atoms with E-state index in [9.17, 15) is 9.11 Å². The number of anilines is 1. The predicted molar refractivity (Wildman–Crippen MR) is 158 cm³/mol. The zero-order chi connectivity index (χ0) is 27.9. The van der Waals surface area contributed by atoms with E-state index in [1.54, 1.807) is 6.20 Å². The van der Waals surface area contributed by atoms with Gasteiger partial charge in [0.15, 0.2) is 0 Å². The van der Waals surface area contributed by atoms with Crippen molar-refractivity contribution in [2.75, 3.05) is 62.7 Å². The maximum atomic E-state index is 15.3. The zero-order valence-corrected chi connectivity index (χ0v) is 23.2. The second-order valence-corrected chi connectivity index (χ2v) is 13.1. The highest BCUT2D eigenvalue weighted by Gasteiger charge is 2.24. The summed E-state index contributed by atoms with van der Waals surface area (Å²) in [6.07, 6.45) is 1.74. The first-order chi connectivity index (χ1) is 19.3. The molecule has 0 unspecified atom stereocenters. The monoisotopic (exact) mass is 565 g/mol. The summed E-state index contributed by atoms with van der Waals surface area (Å²) in [7, 11) is -0.438. The molecule has 2 aliphatic rings. The van der Waals surface area contributed by atoms with Crippen LogP contribution in [0.5, 0.6) is 0 Å². The van der Waals surface area contributed by atoms with Crippen LogP contribution in [0.4, 0.5) is 14.5 Å². The molecule has 4 aromatic rings. The normalized spacial score (nSPS) is 19.2. The van der Waals surface area contributed by atoms with Gasteiger partial charge >= 0.3 is 0 Å². The van der Waals surface area contributed by atoms with Crippen LogP contribution in [0.15, 0.2) is 60.8 Å². The molecule has 0 amide bonds. The number of likely N-dealkylation sites (N-methyl/N-ethyl adjacent to an activating group) is 1. The Bertz CT molecular complexity index is 1510. The Morgan fingerprint density at radius 3 is 2.27 bits per heavy atom. The summed E-state index contributed by atoms with van der Waals surface area (Å²) < 4.78 is 50.3. The average Bonchev–Trinajstić information content (AvgIpc) is 2.95. The second-order valence-electron chi connectivity index (χ2n) is 10.7. The number of rotatable bonds is 5. The van der Waals surface area contributed by atoms with Crippen LogP contribution in [0.1, 0.15) is 5.56 Å². The Morgan fingerprint density at radius 2 is 1.55 bits per heavy atom. The molecule has 0 atom stereocenters. The van der Waals surface area contributed by atoms with Crippen LogP contribution in [0, 0.1) is 11.6 Å². The number of benzene rings is 3. The minimum Gasteiger partial charge on any atom is -0.369 e. The first-order valence-electron chi connectivity index (χ1n) is 13.5. The number of para-hydroxylation sites is 1. The summed E-state index contributed by atoms with van der Waals surface area (Å²) >= 11 is 0. The van der Waals surface area contributed by atoms with Crippen molar-refractivity contribution < 1.29 is 17.9 Å². The van der Waals surface area contributed by atoms with Crippen molar-refractivity contribution >= 4 is 27.3 Å². The highest BCUT2D eigenvalue weighted by atomic mass is 32.3. The summed E-state index contributed by atoms with van der Waals surface area (Å²) in [5, 5.41) is 0. The standard InChI is InChI=1S/C30H33F2N5O2S/c1-35-8-10-37(11-9-35)23-5-2-4-21(16-23)29-19-33-28-7-3-6-24(30(28)34-29)22-17-26(31)25(27(32)18-22)20-36-12-14-40(38,39)15-13-36/h2-7,16-19,38-39H,8-15,20H2,1H3. The number of nitrogens with zero attached hydrogens (tertiary/aromatic N) is 5. The molecule has 0 aliphatic carbocycles. The molecule has 0 bridgehead atoms. The van der Waals surface area contributed by atoms with Crippen LogP contribution in [-0.4, -0.2) is 86.7 Å². The summed E-state index contributed by atoms with van der Waals surface area (Å²) in [4.78, 5) is 16.1. The Kier molecular flexibility index (Phi) is 7.45. The van der Waals surface area contributed by atoms with Gasteiger partial charge in [-0.25, -0.2) is 13.8 Å². The van der Waals surface area contributed by atoms with Crippen molar-refractivity contribution in [1.29, 1.82) is 0 Å². The first-order valence-corrected chi connectivity index (χ1v) is 15.4. The molecule has 3 heterocycles. The third-order valence-electron chi connectivity index (χ3n) is 7.89. The van der Waals surface area contributed by atoms with E-state index >= 15 is 8.78 Å². The molecule has 210 valence electrons. The van der Waals surface area contributed by atoms with Crippen LogP contribution in [-0.2, 0) is 6.54 Å². The lowest BCUT2D eigenvalue weighted by atomic mass is 10.0. The number of hydrogen-bond donors (Lipinski definition) is 2. The van der Waals surface area contributed by atoms with Crippen molar-refractivity contribution in [2.45, 2.75) is 6.54 Å². The molecule has 0 spiro atoms. The van der Waals surface area contributed by atoms with E-state index in [1.165, 1.54) is 12.1 Å². The smallest absolute Gasteiger partial charge is 0.131 e. The highest BCUT2D eigenvalue weighted by Crippen LogP contribution is 2.41. The first kappa shape index (κ1) is 27.0. The molecule has 3 aromatic carbocycles. The van der Waals surface area contributed by atoms with E-state index in [-0.39, 0.29) is 23.6 Å². The highest BCUT2D eigenvalue weighted by molar-refractivity contribution is 8.24. The van der Waals surface area contributed by atoms with Crippen LogP contribution >= 0.6 is 10.6 Å². The summed E-state index contributed by atoms with van der Waals surface area (Å²) in [5.74, 6) is -0.811. The van der Waals surface area contributed by atoms with Gasteiger partial charge in [-0.15, -0.1) is 0 Å². The maximum absolute atomic E-state index is 15.3. The van der Waals surface area contributed by atoms with Gasteiger partial charge in [-0.1, -0.05) is 24.3 Å². The van der Waals surface area contributed by atoms with E-state index in [2.05, 4.69) is 34.0 Å². The fraction of sp³-hybridized carbons (Fsp3) is 0.333. The lowest BCUT2D eigenvalue weighted by Crippen LogP contribution is -2.44. The Balaban J connectivity index is 1.30. The zero-order valence-electron chi connectivity index (χ0n) is 22.4. The fourth-order valence-electron chi connectivity index (χ4n) is 5.39. The second kappa shape index (κ2) is 11.0. The number of fused-ring (bicyclic) bond motifs is 1. The van der Waals surface area contributed by atoms with Crippen molar-refractivity contribution in [3.05, 3.63) is 78.0 Å². The Labute approximate surface area is 234 Å². The molecule has 1 aromatic heterocycles. The minimum atomic E-state index is -2.57. The van der Waals surface area contributed by atoms with Crippen molar-refractivity contribution in [2.24, 2.45) is 0 Å². The van der Waals surface area contributed by atoms with E-state index < -0.39 is 22.2 Å². The number of piperazine rings is 1. The van der Waals surface area contributed by atoms with E-state index in [0.29, 0.717) is 40.9 Å². The molecule has 7 nitrogen and oxygen atoms in total. The number of aromatic nitrogens is 2. The molecular weight excluding hydrogens is 532 g/mol. The lowest BCUT2D eigenvalue weighted by molar-refractivity contribution is 0.270. The van der Waals surface area contributed by atoms with Gasteiger partial charge in [0.05, 0.1) is 34.4 Å². The molecule has 0 saturated carbocycles. The van der Waals surface area contributed by atoms with Gasteiger partial charge in [-0.3, -0.25) is 19.0 Å². The van der Waals surface area contributed by atoms with Gasteiger partial charge in [0.2, 0.25) is 0 Å². The van der Waals surface area contributed by atoms with Crippen LogP contribution in [0.3, 0.4) is 0 Å².